The minimum atomic E-state index is -4.73. The van der Waals surface area contributed by atoms with Gasteiger partial charge in [-0.2, -0.15) is 17.9 Å². The van der Waals surface area contributed by atoms with Gasteiger partial charge in [-0.3, -0.25) is 4.79 Å². The molecular formula is C23H22F3N3O5S2. The van der Waals surface area contributed by atoms with Crippen LogP contribution in [-0.4, -0.2) is 54.7 Å². The molecule has 1 saturated heterocycles. The smallest absolute Gasteiger partial charge is 0.452 e. The molecule has 36 heavy (non-hydrogen) atoms. The summed E-state index contributed by atoms with van der Waals surface area (Å²) in [6.07, 6.45) is -2.67. The van der Waals surface area contributed by atoms with E-state index in [0.717, 1.165) is 31.5 Å². The number of aliphatic carboxylic acids is 1. The molecule has 2 N–H and O–H groups in total. The van der Waals surface area contributed by atoms with Gasteiger partial charge in [0, 0.05) is 18.0 Å². The van der Waals surface area contributed by atoms with E-state index in [1.165, 1.54) is 12.1 Å². The third kappa shape index (κ3) is 4.23. The number of aromatic nitrogens is 1. The summed E-state index contributed by atoms with van der Waals surface area (Å²) in [6, 6.07) is 12.2. The lowest BCUT2D eigenvalue weighted by atomic mass is 9.90. The van der Waals surface area contributed by atoms with Crippen LogP contribution in [0.3, 0.4) is 0 Å². The SMILES string of the molecule is O=C(O)C1(NS(=O)(=O)c2ccc(-c3cc(C(F)(F)F)on3)s2)C[C@@]1(CN1CCCC1)c1ccccc1. The summed E-state index contributed by atoms with van der Waals surface area (Å²) in [6.45, 7) is 2.01. The molecule has 3 heterocycles. The van der Waals surface area contributed by atoms with E-state index in [2.05, 4.69) is 19.3 Å². The molecule has 1 unspecified atom stereocenters. The van der Waals surface area contributed by atoms with Crippen molar-refractivity contribution in [3.8, 4) is 10.6 Å². The van der Waals surface area contributed by atoms with Crippen molar-refractivity contribution in [1.29, 1.82) is 0 Å². The fourth-order valence-electron chi connectivity index (χ4n) is 4.98. The van der Waals surface area contributed by atoms with Crippen LogP contribution in [0.2, 0.25) is 0 Å². The highest BCUT2D eigenvalue weighted by molar-refractivity contribution is 7.91. The van der Waals surface area contributed by atoms with Gasteiger partial charge in [-0.1, -0.05) is 35.5 Å². The molecule has 2 atom stereocenters. The maximum Gasteiger partial charge on any atom is 0.452 e. The third-order valence-corrected chi connectivity index (χ3v) is 9.93. The summed E-state index contributed by atoms with van der Waals surface area (Å²) in [7, 11) is -4.33. The van der Waals surface area contributed by atoms with Crippen molar-refractivity contribution in [3.63, 3.8) is 0 Å². The molecule has 1 aliphatic carbocycles. The van der Waals surface area contributed by atoms with Crippen LogP contribution in [0.4, 0.5) is 13.2 Å². The zero-order valence-corrected chi connectivity index (χ0v) is 20.4. The zero-order valence-electron chi connectivity index (χ0n) is 18.8. The molecule has 0 radical (unpaired) electrons. The minimum absolute atomic E-state index is 0.0749. The number of likely N-dealkylation sites (tertiary alicyclic amines) is 1. The molecule has 1 aliphatic heterocycles. The number of benzene rings is 1. The van der Waals surface area contributed by atoms with Gasteiger partial charge in [-0.15, -0.1) is 11.3 Å². The molecule has 0 amide bonds. The number of carboxylic acid groups (broad SMARTS) is 1. The van der Waals surface area contributed by atoms with Crippen LogP contribution >= 0.6 is 11.3 Å². The first-order valence-corrected chi connectivity index (χ1v) is 13.5. The van der Waals surface area contributed by atoms with Gasteiger partial charge < -0.3 is 14.5 Å². The van der Waals surface area contributed by atoms with E-state index < -0.39 is 38.9 Å². The number of alkyl halides is 3. The lowest BCUT2D eigenvalue weighted by molar-refractivity contribution is -0.155. The van der Waals surface area contributed by atoms with E-state index in [1.807, 2.05) is 6.07 Å². The molecule has 192 valence electrons. The van der Waals surface area contributed by atoms with Crippen molar-refractivity contribution in [2.24, 2.45) is 0 Å². The van der Waals surface area contributed by atoms with E-state index >= 15 is 0 Å². The van der Waals surface area contributed by atoms with E-state index in [9.17, 15) is 31.5 Å². The number of sulfonamides is 1. The largest absolute Gasteiger partial charge is 0.480 e. The van der Waals surface area contributed by atoms with Gasteiger partial charge in [-0.25, -0.2) is 8.42 Å². The summed E-state index contributed by atoms with van der Waals surface area (Å²) in [5.74, 6) is -2.58. The van der Waals surface area contributed by atoms with Crippen molar-refractivity contribution < 1.29 is 36.0 Å². The Morgan fingerprint density at radius 1 is 1.17 bits per heavy atom. The second-order valence-electron chi connectivity index (χ2n) is 9.12. The van der Waals surface area contributed by atoms with Crippen LogP contribution in [0, 0.1) is 0 Å². The number of nitrogens with zero attached hydrogens (tertiary/aromatic N) is 2. The molecule has 0 spiro atoms. The van der Waals surface area contributed by atoms with Crippen molar-refractivity contribution >= 4 is 27.3 Å². The van der Waals surface area contributed by atoms with Gasteiger partial charge in [0.2, 0.25) is 5.76 Å². The van der Waals surface area contributed by atoms with Gasteiger partial charge in [-0.05, 0) is 50.0 Å². The standard InChI is InChI=1S/C23H22F3N3O5S2/c24-23(25,26)18-12-16(27-34-18)17-8-9-19(35-17)36(32,33)28-22(20(30)31)13-21(22,14-29-10-4-5-11-29)15-6-2-1-3-7-15/h1-3,6-9,12,28H,4-5,10-11,13-14H2,(H,30,31)/t21-,22?/m1/s1. The summed E-state index contributed by atoms with van der Waals surface area (Å²) in [5.41, 5.74) is -2.17. The number of hydrogen-bond acceptors (Lipinski definition) is 7. The summed E-state index contributed by atoms with van der Waals surface area (Å²) in [4.78, 5) is 14.9. The molecule has 0 bridgehead atoms. The Hall–Kier alpha value is -2.74. The number of thiophene rings is 1. The average Bonchev–Trinajstić information content (AvgIpc) is 3.38. The van der Waals surface area contributed by atoms with E-state index in [0.29, 0.717) is 23.9 Å². The Kier molecular flexibility index (Phi) is 6.01. The Labute approximate surface area is 208 Å². The zero-order chi connectivity index (χ0) is 25.8. The van der Waals surface area contributed by atoms with Gasteiger partial charge in [0.05, 0.1) is 4.88 Å². The molecule has 1 saturated carbocycles. The predicted octanol–water partition coefficient (Wildman–Crippen LogP) is 3.96. The fourth-order valence-corrected chi connectivity index (χ4v) is 7.67. The summed E-state index contributed by atoms with van der Waals surface area (Å²) in [5, 5.41) is 13.7. The van der Waals surface area contributed by atoms with E-state index in [4.69, 9.17) is 0 Å². The van der Waals surface area contributed by atoms with Crippen LogP contribution in [0.25, 0.3) is 10.6 Å². The molecule has 3 aromatic rings. The molecule has 1 aromatic carbocycles. The Morgan fingerprint density at radius 2 is 1.86 bits per heavy atom. The molecule has 2 aliphatic rings. The Balaban J connectivity index is 1.46. The maximum atomic E-state index is 13.4. The number of carbonyl (C=O) groups is 1. The van der Waals surface area contributed by atoms with E-state index in [-0.39, 0.29) is 21.2 Å². The predicted molar refractivity (Wildman–Crippen MR) is 124 cm³/mol. The number of nitrogens with one attached hydrogen (secondary N) is 1. The normalized spacial score (nSPS) is 24.8. The average molecular weight is 542 g/mol. The molecule has 2 fully saturated rings. The lowest BCUT2D eigenvalue weighted by Crippen LogP contribution is -2.51. The van der Waals surface area contributed by atoms with Crippen LogP contribution in [-0.2, 0) is 26.4 Å². The fraction of sp³-hybridized carbons (Fsp3) is 0.391. The second kappa shape index (κ2) is 8.68. The number of halogens is 3. The van der Waals surface area contributed by atoms with Gasteiger partial charge in [0.25, 0.3) is 10.0 Å². The third-order valence-electron chi connectivity index (χ3n) is 6.84. The van der Waals surface area contributed by atoms with Crippen LogP contribution in [0.1, 0.15) is 30.6 Å². The van der Waals surface area contributed by atoms with Crippen molar-refractivity contribution in [3.05, 3.63) is 59.9 Å². The quantitative estimate of drug-likeness (QED) is 0.444. The molecule has 8 nitrogen and oxygen atoms in total. The Bertz CT molecular complexity index is 1380. The van der Waals surface area contributed by atoms with Crippen molar-refractivity contribution in [1.82, 2.24) is 14.8 Å². The summed E-state index contributed by atoms with van der Waals surface area (Å²) >= 11 is 0.682. The van der Waals surface area contributed by atoms with Crippen molar-refractivity contribution in [2.45, 2.75) is 40.6 Å². The molecule has 2 aromatic heterocycles. The highest BCUT2D eigenvalue weighted by atomic mass is 32.2. The second-order valence-corrected chi connectivity index (χ2v) is 12.1. The lowest BCUT2D eigenvalue weighted by Gasteiger charge is -2.28. The first-order chi connectivity index (χ1) is 17.0. The van der Waals surface area contributed by atoms with Crippen molar-refractivity contribution in [2.75, 3.05) is 19.6 Å². The van der Waals surface area contributed by atoms with Crippen LogP contribution < -0.4 is 4.72 Å². The summed E-state index contributed by atoms with van der Waals surface area (Å²) < 4.78 is 71.8. The number of carboxylic acids is 1. The number of hydrogen-bond donors (Lipinski definition) is 2. The number of rotatable bonds is 8. The molecular weight excluding hydrogens is 519 g/mol. The first-order valence-electron chi connectivity index (χ1n) is 11.2. The Morgan fingerprint density at radius 3 is 2.47 bits per heavy atom. The molecule has 13 heteroatoms. The monoisotopic (exact) mass is 541 g/mol. The van der Waals surface area contributed by atoms with Gasteiger partial charge in [0.1, 0.15) is 15.4 Å². The van der Waals surface area contributed by atoms with Gasteiger partial charge in [0.15, 0.2) is 0 Å². The minimum Gasteiger partial charge on any atom is -0.480 e. The highest BCUT2D eigenvalue weighted by Gasteiger charge is 2.75. The van der Waals surface area contributed by atoms with E-state index in [1.54, 1.807) is 24.3 Å². The van der Waals surface area contributed by atoms with Crippen LogP contribution in [0.5, 0.6) is 0 Å². The van der Waals surface area contributed by atoms with Gasteiger partial charge >= 0.3 is 12.1 Å². The highest BCUT2D eigenvalue weighted by Crippen LogP contribution is 2.59. The maximum absolute atomic E-state index is 13.4. The van der Waals surface area contributed by atoms with Crippen LogP contribution in [0.15, 0.2) is 57.3 Å². The first kappa shape index (κ1) is 24.9. The topological polar surface area (TPSA) is 113 Å². The molecule has 5 rings (SSSR count).